The van der Waals surface area contributed by atoms with Crippen molar-refractivity contribution in [3.63, 3.8) is 0 Å². The molecule has 0 spiro atoms. The quantitative estimate of drug-likeness (QED) is 0.840. The van der Waals surface area contributed by atoms with Gasteiger partial charge in [-0.2, -0.15) is 0 Å². The number of rotatable bonds is 4. The van der Waals surface area contributed by atoms with Gasteiger partial charge in [-0.25, -0.2) is 4.79 Å². The lowest BCUT2D eigenvalue weighted by Crippen LogP contribution is -2.35. The third-order valence-electron chi connectivity index (χ3n) is 2.83. The maximum atomic E-state index is 11.2. The van der Waals surface area contributed by atoms with E-state index in [0.717, 1.165) is 24.3 Å². The Hall–Kier alpha value is -1.14. The van der Waals surface area contributed by atoms with Gasteiger partial charge < -0.3 is 14.8 Å². The first-order chi connectivity index (χ1) is 8.15. The van der Waals surface area contributed by atoms with E-state index in [1.54, 1.807) is 6.07 Å². The molecule has 1 aromatic rings. The van der Waals surface area contributed by atoms with Crippen LogP contribution in [0.15, 0.2) is 16.5 Å². The van der Waals surface area contributed by atoms with Crippen LogP contribution in [-0.2, 0) is 17.3 Å². The number of aromatic carboxylic acids is 1. The largest absolute Gasteiger partial charge is 0.475 e. The molecule has 94 valence electrons. The molecule has 1 aliphatic heterocycles. The summed E-state index contributed by atoms with van der Waals surface area (Å²) in [5, 5.41) is 12.0. The molecule has 0 bridgehead atoms. The van der Waals surface area contributed by atoms with Crippen LogP contribution >= 0.6 is 0 Å². The van der Waals surface area contributed by atoms with Gasteiger partial charge in [0, 0.05) is 28.3 Å². The molecule has 1 aromatic heterocycles. The van der Waals surface area contributed by atoms with E-state index in [1.807, 2.05) is 0 Å². The number of hydrogen-bond donors (Lipinski definition) is 2. The van der Waals surface area contributed by atoms with Crippen molar-refractivity contribution < 1.29 is 18.5 Å². The zero-order valence-corrected chi connectivity index (χ0v) is 10.2. The summed E-state index contributed by atoms with van der Waals surface area (Å²) >= 11 is 0. The fourth-order valence-electron chi connectivity index (χ4n) is 1.83. The van der Waals surface area contributed by atoms with Gasteiger partial charge >= 0.3 is 5.97 Å². The van der Waals surface area contributed by atoms with Crippen molar-refractivity contribution in [3.8, 4) is 0 Å². The molecule has 1 aliphatic rings. The molecule has 0 aromatic carbocycles. The average molecular weight is 257 g/mol. The first kappa shape index (κ1) is 12.3. The van der Waals surface area contributed by atoms with Gasteiger partial charge in [0.1, 0.15) is 5.76 Å². The van der Waals surface area contributed by atoms with Crippen molar-refractivity contribution >= 4 is 16.8 Å². The standard InChI is InChI=1S/C11H15NO4S/c13-11(14)10-2-1-9(16-10)7-12-8-3-5-17(15)6-4-8/h1-2,8,12H,3-7H2,(H,13,14). The van der Waals surface area contributed by atoms with E-state index in [0.29, 0.717) is 18.3 Å². The SMILES string of the molecule is O=C(O)c1ccc(CNC2CCS(=O)CC2)o1. The van der Waals surface area contributed by atoms with E-state index in [-0.39, 0.29) is 5.76 Å². The molecule has 0 saturated carbocycles. The highest BCUT2D eigenvalue weighted by Gasteiger charge is 2.17. The van der Waals surface area contributed by atoms with Gasteiger partial charge in [0.15, 0.2) is 0 Å². The van der Waals surface area contributed by atoms with Gasteiger partial charge in [0.25, 0.3) is 0 Å². The maximum absolute atomic E-state index is 11.2. The van der Waals surface area contributed by atoms with Crippen LogP contribution in [0.25, 0.3) is 0 Å². The minimum Gasteiger partial charge on any atom is -0.475 e. The lowest BCUT2D eigenvalue weighted by molar-refractivity contribution is 0.0660. The number of nitrogens with one attached hydrogen (secondary N) is 1. The van der Waals surface area contributed by atoms with Gasteiger partial charge in [-0.1, -0.05) is 0 Å². The Morgan fingerprint density at radius 2 is 2.18 bits per heavy atom. The van der Waals surface area contributed by atoms with Crippen molar-refractivity contribution in [2.24, 2.45) is 0 Å². The van der Waals surface area contributed by atoms with Crippen molar-refractivity contribution in [2.75, 3.05) is 11.5 Å². The Bertz CT molecular complexity index is 419. The summed E-state index contributed by atoms with van der Waals surface area (Å²) in [6.07, 6.45) is 1.80. The molecule has 2 heterocycles. The average Bonchev–Trinajstić information content (AvgIpc) is 2.77. The third-order valence-corrected chi connectivity index (χ3v) is 4.21. The smallest absolute Gasteiger partial charge is 0.371 e. The highest BCUT2D eigenvalue weighted by atomic mass is 32.2. The van der Waals surface area contributed by atoms with Crippen LogP contribution < -0.4 is 5.32 Å². The summed E-state index contributed by atoms with van der Waals surface area (Å²) in [6, 6.07) is 3.47. The summed E-state index contributed by atoms with van der Waals surface area (Å²) < 4.78 is 16.3. The number of furan rings is 1. The van der Waals surface area contributed by atoms with Gasteiger partial charge in [0.05, 0.1) is 6.54 Å². The van der Waals surface area contributed by atoms with Crippen LogP contribution in [0.1, 0.15) is 29.2 Å². The summed E-state index contributed by atoms with van der Waals surface area (Å²) in [4.78, 5) is 10.6. The van der Waals surface area contributed by atoms with Gasteiger partial charge in [0.2, 0.25) is 5.76 Å². The van der Waals surface area contributed by atoms with Crippen LogP contribution in [0, 0.1) is 0 Å². The molecular formula is C11H15NO4S. The zero-order chi connectivity index (χ0) is 12.3. The van der Waals surface area contributed by atoms with Crippen LogP contribution in [0.3, 0.4) is 0 Å². The predicted molar refractivity (Wildman–Crippen MR) is 63.4 cm³/mol. The monoisotopic (exact) mass is 257 g/mol. The molecule has 0 atom stereocenters. The van der Waals surface area contributed by atoms with Crippen LogP contribution in [0.4, 0.5) is 0 Å². The Kier molecular flexibility index (Phi) is 3.96. The number of carboxylic acid groups (broad SMARTS) is 1. The summed E-state index contributed by atoms with van der Waals surface area (Å²) in [5.74, 6) is 1.02. The van der Waals surface area contributed by atoms with E-state index in [2.05, 4.69) is 5.32 Å². The highest BCUT2D eigenvalue weighted by Crippen LogP contribution is 2.12. The van der Waals surface area contributed by atoms with E-state index in [1.165, 1.54) is 6.07 Å². The van der Waals surface area contributed by atoms with E-state index in [9.17, 15) is 9.00 Å². The molecule has 0 aliphatic carbocycles. The molecule has 17 heavy (non-hydrogen) atoms. The molecular weight excluding hydrogens is 242 g/mol. The topological polar surface area (TPSA) is 79.5 Å². The van der Waals surface area contributed by atoms with E-state index < -0.39 is 16.8 Å². The predicted octanol–water partition coefficient (Wildman–Crippen LogP) is 0.978. The lowest BCUT2D eigenvalue weighted by atomic mass is 10.1. The maximum Gasteiger partial charge on any atom is 0.371 e. The second-order valence-electron chi connectivity index (χ2n) is 4.07. The molecule has 1 fully saturated rings. The van der Waals surface area contributed by atoms with Crippen molar-refractivity contribution in [3.05, 3.63) is 23.7 Å². The molecule has 2 N–H and O–H groups in total. The second kappa shape index (κ2) is 5.46. The molecule has 1 saturated heterocycles. The summed E-state index contributed by atoms with van der Waals surface area (Å²) in [7, 11) is -0.652. The van der Waals surface area contributed by atoms with Crippen LogP contribution in [0.2, 0.25) is 0 Å². The first-order valence-electron chi connectivity index (χ1n) is 5.55. The van der Waals surface area contributed by atoms with Gasteiger partial charge in [-0.15, -0.1) is 0 Å². The van der Waals surface area contributed by atoms with E-state index in [4.69, 9.17) is 9.52 Å². The summed E-state index contributed by atoms with van der Waals surface area (Å²) in [6.45, 7) is 0.518. The Morgan fingerprint density at radius 3 is 2.76 bits per heavy atom. The number of carbonyl (C=O) groups is 1. The Balaban J connectivity index is 1.81. The molecule has 0 amide bonds. The first-order valence-corrected chi connectivity index (χ1v) is 7.04. The molecule has 5 nitrogen and oxygen atoms in total. The molecule has 6 heteroatoms. The Labute approximate surface area is 102 Å². The number of hydrogen-bond acceptors (Lipinski definition) is 4. The minimum atomic E-state index is -1.05. The fraction of sp³-hybridized carbons (Fsp3) is 0.545. The second-order valence-corrected chi connectivity index (χ2v) is 5.77. The fourth-order valence-corrected chi connectivity index (χ4v) is 3.13. The lowest BCUT2D eigenvalue weighted by Gasteiger charge is -2.21. The number of carboxylic acids is 1. The van der Waals surface area contributed by atoms with E-state index >= 15 is 0 Å². The van der Waals surface area contributed by atoms with Gasteiger partial charge in [-0.3, -0.25) is 4.21 Å². The third kappa shape index (κ3) is 3.41. The van der Waals surface area contributed by atoms with Crippen LogP contribution in [-0.4, -0.2) is 32.8 Å². The Morgan fingerprint density at radius 1 is 1.47 bits per heavy atom. The normalized spacial score (nSPS) is 24.7. The zero-order valence-electron chi connectivity index (χ0n) is 9.35. The van der Waals surface area contributed by atoms with Gasteiger partial charge in [-0.05, 0) is 25.0 Å². The highest BCUT2D eigenvalue weighted by molar-refractivity contribution is 7.85. The van der Waals surface area contributed by atoms with Crippen molar-refractivity contribution in [1.82, 2.24) is 5.32 Å². The van der Waals surface area contributed by atoms with Crippen molar-refractivity contribution in [1.29, 1.82) is 0 Å². The molecule has 0 radical (unpaired) electrons. The van der Waals surface area contributed by atoms with Crippen molar-refractivity contribution in [2.45, 2.75) is 25.4 Å². The van der Waals surface area contributed by atoms with Crippen LogP contribution in [0.5, 0.6) is 0 Å². The molecule has 2 rings (SSSR count). The minimum absolute atomic E-state index is 0.0356. The summed E-state index contributed by atoms with van der Waals surface area (Å²) in [5.41, 5.74) is 0. The molecule has 0 unspecified atom stereocenters.